The van der Waals surface area contributed by atoms with Crippen molar-refractivity contribution >= 4 is 0 Å². The van der Waals surface area contributed by atoms with Gasteiger partial charge in [-0.2, -0.15) is 0 Å². The molecule has 100 valence electrons. The molecule has 0 saturated carbocycles. The van der Waals surface area contributed by atoms with E-state index < -0.39 is 0 Å². The van der Waals surface area contributed by atoms with Crippen molar-refractivity contribution in [3.05, 3.63) is 70.3 Å². The van der Waals surface area contributed by atoms with Crippen LogP contribution >= 0.6 is 0 Å². The van der Waals surface area contributed by atoms with Gasteiger partial charge in [0.05, 0.1) is 0 Å². The van der Waals surface area contributed by atoms with Crippen LogP contribution in [0.1, 0.15) is 54.5 Å². The van der Waals surface area contributed by atoms with Gasteiger partial charge >= 0.3 is 0 Å². The van der Waals surface area contributed by atoms with Gasteiger partial charge in [-0.25, -0.2) is 0 Å². The summed E-state index contributed by atoms with van der Waals surface area (Å²) in [5.41, 5.74) is 7.45. The molecular weight excluding hydrogens is 228 g/mol. The average Bonchev–Trinajstić information content (AvgIpc) is 2.57. The lowest BCUT2D eigenvalue weighted by Gasteiger charge is -2.11. The highest BCUT2D eigenvalue weighted by atomic mass is 14.2. The Bertz CT molecular complexity index is 552. The van der Waals surface area contributed by atoms with Crippen molar-refractivity contribution in [2.75, 3.05) is 0 Å². The van der Waals surface area contributed by atoms with E-state index in [1.807, 2.05) is 13.8 Å². The first kappa shape index (κ1) is 13.9. The lowest BCUT2D eigenvalue weighted by atomic mass is 9.93. The minimum atomic E-state index is 0.634. The first-order valence-electron chi connectivity index (χ1n) is 7.40. The predicted molar refractivity (Wildman–Crippen MR) is 83.9 cm³/mol. The molecule has 0 aromatic heterocycles. The smallest absolute Gasteiger partial charge is 0.00201 e. The molecule has 0 radical (unpaired) electrons. The Morgan fingerprint density at radius 3 is 2.42 bits per heavy atom. The maximum Gasteiger partial charge on any atom is -0.00201 e. The van der Waals surface area contributed by atoms with Gasteiger partial charge in [-0.1, -0.05) is 68.8 Å². The first-order chi connectivity index (χ1) is 9.24. The summed E-state index contributed by atoms with van der Waals surface area (Å²) >= 11 is 0. The summed E-state index contributed by atoms with van der Waals surface area (Å²) in [6.45, 7) is 8.52. The zero-order chi connectivity index (χ0) is 13.8. The molecule has 0 fully saturated rings. The van der Waals surface area contributed by atoms with Crippen LogP contribution in [0.4, 0.5) is 0 Å². The minimum Gasteiger partial charge on any atom is -0.0683 e. The molecule has 1 aliphatic rings. The first-order valence-corrected chi connectivity index (χ1v) is 7.40. The molecule has 0 saturated heterocycles. The third-order valence-electron chi connectivity index (χ3n) is 3.85. The summed E-state index contributed by atoms with van der Waals surface area (Å²) in [7, 11) is 0. The molecule has 0 heterocycles. The van der Waals surface area contributed by atoms with Gasteiger partial charge in [0.1, 0.15) is 0 Å². The SMILES string of the molecule is CC.Cc1ccc2c(c1)Cc1ccccc1C(C)C2. The Labute approximate surface area is 117 Å². The highest BCUT2D eigenvalue weighted by molar-refractivity contribution is 5.43. The van der Waals surface area contributed by atoms with Crippen LogP contribution < -0.4 is 0 Å². The Morgan fingerprint density at radius 1 is 0.895 bits per heavy atom. The topological polar surface area (TPSA) is 0 Å². The molecule has 0 spiro atoms. The summed E-state index contributed by atoms with van der Waals surface area (Å²) in [5.74, 6) is 0.634. The Morgan fingerprint density at radius 2 is 1.63 bits per heavy atom. The molecule has 0 nitrogen and oxygen atoms in total. The molecule has 0 bridgehead atoms. The number of hydrogen-bond donors (Lipinski definition) is 0. The molecule has 3 rings (SSSR count). The zero-order valence-electron chi connectivity index (χ0n) is 12.5. The van der Waals surface area contributed by atoms with Crippen molar-refractivity contribution in [3.63, 3.8) is 0 Å². The van der Waals surface area contributed by atoms with E-state index in [0.29, 0.717) is 5.92 Å². The third-order valence-corrected chi connectivity index (χ3v) is 3.85. The maximum absolute atomic E-state index is 2.35. The summed E-state index contributed by atoms with van der Waals surface area (Å²) in [6.07, 6.45) is 2.27. The number of rotatable bonds is 0. The standard InChI is InChI=1S/C17H18.C2H6/c1-12-7-8-14-10-13(2)17-6-4-3-5-15(17)11-16(14)9-12;1-2/h3-9,13H,10-11H2,1-2H3;1-2H3. The number of benzene rings is 2. The molecule has 0 N–H and O–H groups in total. The average molecular weight is 252 g/mol. The van der Waals surface area contributed by atoms with Crippen LogP contribution in [0.25, 0.3) is 0 Å². The number of hydrogen-bond acceptors (Lipinski definition) is 0. The monoisotopic (exact) mass is 252 g/mol. The lowest BCUT2D eigenvalue weighted by Crippen LogP contribution is -1.98. The van der Waals surface area contributed by atoms with Crippen molar-refractivity contribution in [1.82, 2.24) is 0 Å². The van der Waals surface area contributed by atoms with E-state index >= 15 is 0 Å². The molecule has 1 unspecified atom stereocenters. The van der Waals surface area contributed by atoms with E-state index in [2.05, 4.69) is 56.3 Å². The van der Waals surface area contributed by atoms with Crippen molar-refractivity contribution in [3.8, 4) is 0 Å². The normalized spacial score (nSPS) is 16.5. The van der Waals surface area contributed by atoms with Gasteiger partial charge in [0.2, 0.25) is 0 Å². The summed E-state index contributed by atoms with van der Waals surface area (Å²) < 4.78 is 0. The van der Waals surface area contributed by atoms with Gasteiger partial charge in [0.15, 0.2) is 0 Å². The minimum absolute atomic E-state index is 0.634. The van der Waals surface area contributed by atoms with Crippen LogP contribution in [0, 0.1) is 6.92 Å². The fourth-order valence-electron chi connectivity index (χ4n) is 2.94. The summed E-state index contributed by atoms with van der Waals surface area (Å²) in [6, 6.07) is 15.8. The fraction of sp³-hybridized carbons (Fsp3) is 0.368. The molecule has 2 aromatic carbocycles. The van der Waals surface area contributed by atoms with Gasteiger partial charge in [0.25, 0.3) is 0 Å². The Balaban J connectivity index is 0.000000637. The molecule has 1 atom stereocenters. The van der Waals surface area contributed by atoms with Gasteiger partial charge < -0.3 is 0 Å². The Hall–Kier alpha value is -1.56. The largest absolute Gasteiger partial charge is 0.0683 e. The van der Waals surface area contributed by atoms with Gasteiger partial charge in [0, 0.05) is 0 Å². The van der Waals surface area contributed by atoms with E-state index in [1.165, 1.54) is 34.2 Å². The van der Waals surface area contributed by atoms with Crippen LogP contribution in [0.15, 0.2) is 42.5 Å². The maximum atomic E-state index is 2.35. The van der Waals surface area contributed by atoms with Crippen LogP contribution in [-0.4, -0.2) is 0 Å². The lowest BCUT2D eigenvalue weighted by molar-refractivity contribution is 0.761. The Kier molecular flexibility index (Phi) is 4.42. The van der Waals surface area contributed by atoms with Crippen LogP contribution in [-0.2, 0) is 12.8 Å². The second-order valence-electron chi connectivity index (χ2n) is 5.25. The zero-order valence-corrected chi connectivity index (χ0v) is 12.5. The third kappa shape index (κ3) is 2.89. The van der Waals surface area contributed by atoms with E-state index in [0.717, 1.165) is 6.42 Å². The molecule has 19 heavy (non-hydrogen) atoms. The highest BCUT2D eigenvalue weighted by Gasteiger charge is 2.18. The second kappa shape index (κ2) is 6.06. The number of aryl methyl sites for hydroxylation is 1. The second-order valence-corrected chi connectivity index (χ2v) is 5.25. The molecule has 0 aliphatic heterocycles. The quantitative estimate of drug-likeness (QED) is 0.599. The van der Waals surface area contributed by atoms with Gasteiger partial charge in [-0.05, 0) is 47.9 Å². The fourth-order valence-corrected chi connectivity index (χ4v) is 2.94. The van der Waals surface area contributed by atoms with Crippen LogP contribution in [0.3, 0.4) is 0 Å². The van der Waals surface area contributed by atoms with Gasteiger partial charge in [-0.15, -0.1) is 0 Å². The molecule has 0 amide bonds. The van der Waals surface area contributed by atoms with E-state index in [9.17, 15) is 0 Å². The van der Waals surface area contributed by atoms with Crippen molar-refractivity contribution in [1.29, 1.82) is 0 Å². The molecule has 0 heteroatoms. The van der Waals surface area contributed by atoms with Gasteiger partial charge in [-0.3, -0.25) is 0 Å². The highest BCUT2D eigenvalue weighted by Crippen LogP contribution is 2.31. The van der Waals surface area contributed by atoms with E-state index in [1.54, 1.807) is 0 Å². The molecule has 1 aliphatic carbocycles. The van der Waals surface area contributed by atoms with Crippen LogP contribution in [0.5, 0.6) is 0 Å². The van der Waals surface area contributed by atoms with Crippen LogP contribution in [0.2, 0.25) is 0 Å². The van der Waals surface area contributed by atoms with Crippen molar-refractivity contribution in [2.24, 2.45) is 0 Å². The van der Waals surface area contributed by atoms with E-state index in [4.69, 9.17) is 0 Å². The molecule has 2 aromatic rings. The number of fused-ring (bicyclic) bond motifs is 2. The van der Waals surface area contributed by atoms with Crippen molar-refractivity contribution < 1.29 is 0 Å². The summed E-state index contributed by atoms with van der Waals surface area (Å²) in [5, 5.41) is 0. The predicted octanol–water partition coefficient (Wildman–Crippen LogP) is 5.27. The summed E-state index contributed by atoms with van der Waals surface area (Å²) in [4.78, 5) is 0. The van der Waals surface area contributed by atoms with Crippen molar-refractivity contribution in [2.45, 2.75) is 46.5 Å². The van der Waals surface area contributed by atoms with E-state index in [-0.39, 0.29) is 0 Å². The molecular formula is C19H24.